The average molecular weight is 430 g/mol. The van der Waals surface area contributed by atoms with E-state index in [4.69, 9.17) is 5.10 Å². The lowest BCUT2D eigenvalue weighted by atomic mass is 10.00. The van der Waals surface area contributed by atoms with E-state index < -0.39 is 6.04 Å². The third-order valence-corrected chi connectivity index (χ3v) is 6.46. The quantitative estimate of drug-likeness (QED) is 0.692. The van der Waals surface area contributed by atoms with E-state index in [1.807, 2.05) is 76.9 Å². The largest absolute Gasteiger partial charge is 0.353 e. The predicted molar refractivity (Wildman–Crippen MR) is 123 cm³/mol. The first kappa shape index (κ1) is 20.5. The molecule has 0 spiro atoms. The molecular weight excluding hydrogens is 402 g/mol. The standard InChI is InChI=1S/C25H27N5O2/c1-17-23(18(2)30(27-17)20-9-4-3-5-10-20)24-25(32)26-13-15-28(24)16-22(31)29-14-12-19-8-6-7-11-21(19)29/h3-11,24H,12-16H2,1-2H3,(H,26,32). The van der Waals surface area contributed by atoms with Gasteiger partial charge in [-0.2, -0.15) is 5.10 Å². The van der Waals surface area contributed by atoms with Gasteiger partial charge in [-0.15, -0.1) is 0 Å². The molecule has 1 aromatic heterocycles. The molecule has 2 amide bonds. The Morgan fingerprint density at radius 2 is 1.81 bits per heavy atom. The lowest BCUT2D eigenvalue weighted by molar-refractivity contribution is -0.131. The molecule has 0 aliphatic carbocycles. The Morgan fingerprint density at radius 1 is 1.06 bits per heavy atom. The molecule has 1 saturated heterocycles. The molecule has 7 nitrogen and oxygen atoms in total. The van der Waals surface area contributed by atoms with Gasteiger partial charge in [-0.05, 0) is 44.0 Å². The van der Waals surface area contributed by atoms with Crippen molar-refractivity contribution in [3.8, 4) is 5.69 Å². The van der Waals surface area contributed by atoms with Crippen molar-refractivity contribution >= 4 is 17.5 Å². The predicted octanol–water partition coefficient (Wildman–Crippen LogP) is 2.55. The van der Waals surface area contributed by atoms with Crippen LogP contribution in [0, 0.1) is 13.8 Å². The third-order valence-electron chi connectivity index (χ3n) is 6.46. The molecule has 7 heteroatoms. The second kappa shape index (κ2) is 8.24. The molecule has 2 aromatic carbocycles. The fourth-order valence-electron chi connectivity index (χ4n) is 4.93. The summed E-state index contributed by atoms with van der Waals surface area (Å²) in [6, 6.07) is 17.4. The zero-order valence-electron chi connectivity index (χ0n) is 18.4. The van der Waals surface area contributed by atoms with Gasteiger partial charge in [-0.25, -0.2) is 4.68 Å². The van der Waals surface area contributed by atoms with E-state index in [1.165, 1.54) is 5.56 Å². The van der Waals surface area contributed by atoms with Crippen molar-refractivity contribution in [2.75, 3.05) is 31.1 Å². The number of hydrogen-bond donors (Lipinski definition) is 1. The van der Waals surface area contributed by atoms with Gasteiger partial charge in [-0.3, -0.25) is 14.5 Å². The summed E-state index contributed by atoms with van der Waals surface area (Å²) in [4.78, 5) is 30.2. The number of carbonyl (C=O) groups is 2. The summed E-state index contributed by atoms with van der Waals surface area (Å²) in [5.74, 6) is -0.0508. The maximum atomic E-state index is 13.3. The van der Waals surface area contributed by atoms with E-state index >= 15 is 0 Å². The average Bonchev–Trinajstić information content (AvgIpc) is 3.36. The summed E-state index contributed by atoms with van der Waals surface area (Å²) in [7, 11) is 0. The van der Waals surface area contributed by atoms with Gasteiger partial charge in [0.25, 0.3) is 0 Å². The first-order valence-electron chi connectivity index (χ1n) is 11.1. The number of piperazine rings is 1. The fourth-order valence-corrected chi connectivity index (χ4v) is 4.93. The highest BCUT2D eigenvalue weighted by Gasteiger charge is 2.37. The number of para-hydroxylation sites is 2. The van der Waals surface area contributed by atoms with Gasteiger partial charge in [0.15, 0.2) is 0 Å². The van der Waals surface area contributed by atoms with Crippen LogP contribution in [-0.2, 0) is 16.0 Å². The number of aromatic nitrogens is 2. The molecule has 2 aliphatic heterocycles. The lowest BCUT2D eigenvalue weighted by Gasteiger charge is -2.35. The first-order chi connectivity index (χ1) is 15.5. The van der Waals surface area contributed by atoms with Crippen LogP contribution in [0.25, 0.3) is 5.69 Å². The fraction of sp³-hybridized carbons (Fsp3) is 0.320. The molecule has 2 aliphatic rings. The van der Waals surface area contributed by atoms with Gasteiger partial charge < -0.3 is 10.2 Å². The van der Waals surface area contributed by atoms with Crippen molar-refractivity contribution in [1.82, 2.24) is 20.0 Å². The number of carbonyl (C=O) groups excluding carboxylic acids is 2. The number of rotatable bonds is 4. The van der Waals surface area contributed by atoms with Crippen LogP contribution in [0.2, 0.25) is 0 Å². The van der Waals surface area contributed by atoms with E-state index in [0.29, 0.717) is 19.6 Å². The molecular formula is C25H27N5O2. The molecule has 3 aromatic rings. The van der Waals surface area contributed by atoms with Gasteiger partial charge >= 0.3 is 0 Å². The molecule has 164 valence electrons. The maximum absolute atomic E-state index is 13.3. The summed E-state index contributed by atoms with van der Waals surface area (Å²) < 4.78 is 1.88. The topological polar surface area (TPSA) is 70.5 Å². The molecule has 1 atom stereocenters. The normalized spacial score (nSPS) is 18.5. The molecule has 1 fully saturated rings. The Morgan fingerprint density at radius 3 is 2.62 bits per heavy atom. The molecule has 0 saturated carbocycles. The Balaban J connectivity index is 1.45. The van der Waals surface area contributed by atoms with Gasteiger partial charge in [0.05, 0.1) is 17.9 Å². The summed E-state index contributed by atoms with van der Waals surface area (Å²) in [5.41, 5.74) is 5.73. The van der Waals surface area contributed by atoms with Crippen molar-refractivity contribution in [3.05, 3.63) is 77.1 Å². The minimum Gasteiger partial charge on any atom is -0.353 e. The Hall–Kier alpha value is -3.45. The number of anilines is 1. The number of nitrogens with one attached hydrogen (secondary N) is 1. The van der Waals surface area contributed by atoms with Crippen LogP contribution < -0.4 is 10.2 Å². The molecule has 1 N–H and O–H groups in total. The second-order valence-corrected chi connectivity index (χ2v) is 8.42. The number of fused-ring (bicyclic) bond motifs is 1. The SMILES string of the molecule is Cc1nn(-c2ccccc2)c(C)c1C1C(=O)NCCN1CC(=O)N1CCc2ccccc21. The monoisotopic (exact) mass is 429 g/mol. The van der Waals surface area contributed by atoms with Crippen LogP contribution in [0.15, 0.2) is 54.6 Å². The van der Waals surface area contributed by atoms with Crippen LogP contribution in [0.1, 0.15) is 28.6 Å². The summed E-state index contributed by atoms with van der Waals surface area (Å²) in [6.07, 6.45) is 0.869. The minimum atomic E-state index is -0.539. The number of benzene rings is 2. The zero-order valence-corrected chi connectivity index (χ0v) is 18.4. The van der Waals surface area contributed by atoms with Gasteiger partial charge in [-0.1, -0.05) is 36.4 Å². The van der Waals surface area contributed by atoms with Crippen molar-refractivity contribution in [2.24, 2.45) is 0 Å². The van der Waals surface area contributed by atoms with E-state index in [9.17, 15) is 9.59 Å². The number of amides is 2. The van der Waals surface area contributed by atoms with Crippen LogP contribution in [0.3, 0.4) is 0 Å². The highest BCUT2D eigenvalue weighted by Crippen LogP contribution is 2.32. The van der Waals surface area contributed by atoms with Crippen molar-refractivity contribution in [2.45, 2.75) is 26.3 Å². The van der Waals surface area contributed by atoms with Crippen LogP contribution in [0.4, 0.5) is 5.69 Å². The molecule has 5 rings (SSSR count). The summed E-state index contributed by atoms with van der Waals surface area (Å²) >= 11 is 0. The maximum Gasteiger partial charge on any atom is 0.242 e. The molecule has 0 bridgehead atoms. The van der Waals surface area contributed by atoms with Gasteiger partial charge in [0.2, 0.25) is 11.8 Å². The Labute approximate surface area is 187 Å². The van der Waals surface area contributed by atoms with Crippen molar-refractivity contribution in [1.29, 1.82) is 0 Å². The van der Waals surface area contributed by atoms with Crippen molar-refractivity contribution in [3.63, 3.8) is 0 Å². The van der Waals surface area contributed by atoms with Gasteiger partial charge in [0, 0.05) is 36.6 Å². The summed E-state index contributed by atoms with van der Waals surface area (Å²) in [5, 5.41) is 7.71. The van der Waals surface area contributed by atoms with Gasteiger partial charge in [0.1, 0.15) is 6.04 Å². The van der Waals surface area contributed by atoms with Crippen molar-refractivity contribution < 1.29 is 9.59 Å². The van der Waals surface area contributed by atoms with Crippen LogP contribution in [0.5, 0.6) is 0 Å². The van der Waals surface area contributed by atoms with Crippen LogP contribution >= 0.6 is 0 Å². The Bertz CT molecular complexity index is 1170. The van der Waals surface area contributed by atoms with E-state index in [2.05, 4.69) is 11.4 Å². The number of aryl methyl sites for hydroxylation is 1. The highest BCUT2D eigenvalue weighted by molar-refractivity contribution is 5.97. The second-order valence-electron chi connectivity index (χ2n) is 8.42. The number of hydrogen-bond acceptors (Lipinski definition) is 4. The van der Waals surface area contributed by atoms with E-state index in [0.717, 1.165) is 34.7 Å². The van der Waals surface area contributed by atoms with E-state index in [-0.39, 0.29) is 18.4 Å². The molecule has 0 radical (unpaired) electrons. The third kappa shape index (κ3) is 3.48. The number of nitrogens with zero attached hydrogens (tertiary/aromatic N) is 4. The minimum absolute atomic E-state index is 0.0282. The first-order valence-corrected chi connectivity index (χ1v) is 11.1. The molecule has 1 unspecified atom stereocenters. The molecule has 3 heterocycles. The molecule has 32 heavy (non-hydrogen) atoms. The Kier molecular flexibility index (Phi) is 5.27. The van der Waals surface area contributed by atoms with E-state index in [1.54, 1.807) is 0 Å². The zero-order chi connectivity index (χ0) is 22.2. The van der Waals surface area contributed by atoms with Crippen LogP contribution in [-0.4, -0.2) is 52.7 Å². The highest BCUT2D eigenvalue weighted by atomic mass is 16.2. The summed E-state index contributed by atoms with van der Waals surface area (Å²) in [6.45, 7) is 5.95. The lowest BCUT2D eigenvalue weighted by Crippen LogP contribution is -2.53. The smallest absolute Gasteiger partial charge is 0.242 e.